The Kier molecular flexibility index (Phi) is 6.28. The van der Waals surface area contributed by atoms with E-state index in [2.05, 4.69) is 56.2 Å². The van der Waals surface area contributed by atoms with Gasteiger partial charge >= 0.3 is 0 Å². The van der Waals surface area contributed by atoms with E-state index in [-0.39, 0.29) is 5.41 Å². The van der Waals surface area contributed by atoms with E-state index in [0.717, 1.165) is 36.4 Å². The molecule has 1 saturated carbocycles. The topological polar surface area (TPSA) is 24.4 Å². The molecule has 0 amide bonds. The Bertz CT molecular complexity index is 599. The maximum Gasteiger partial charge on any atom is 0.108 e. The van der Waals surface area contributed by atoms with Crippen molar-refractivity contribution in [3.8, 4) is 11.8 Å². The van der Waals surface area contributed by atoms with E-state index in [9.17, 15) is 0 Å². The van der Waals surface area contributed by atoms with Crippen molar-refractivity contribution in [3.63, 3.8) is 0 Å². The van der Waals surface area contributed by atoms with Crippen molar-refractivity contribution in [2.24, 2.45) is 10.4 Å². The second-order valence-corrected chi connectivity index (χ2v) is 6.54. The zero-order chi connectivity index (χ0) is 16.7. The summed E-state index contributed by atoms with van der Waals surface area (Å²) < 4.78 is 0. The predicted octanol–water partition coefficient (Wildman–Crippen LogP) is 5.15. The van der Waals surface area contributed by atoms with Crippen LogP contribution in [0.3, 0.4) is 0 Å². The van der Waals surface area contributed by atoms with E-state index in [1.54, 1.807) is 0 Å². The van der Waals surface area contributed by atoms with Crippen LogP contribution in [0.25, 0.3) is 0 Å². The molecule has 0 aromatic rings. The predicted molar refractivity (Wildman–Crippen MR) is 100 cm³/mol. The highest BCUT2D eigenvalue weighted by Gasteiger charge is 2.37. The van der Waals surface area contributed by atoms with Gasteiger partial charge in [0.05, 0.1) is 0 Å². The molecule has 2 nitrogen and oxygen atoms in total. The van der Waals surface area contributed by atoms with E-state index in [1.807, 2.05) is 7.05 Å². The third-order valence-electron chi connectivity index (χ3n) is 4.90. The van der Waals surface area contributed by atoms with Crippen LogP contribution < -0.4 is 5.32 Å². The summed E-state index contributed by atoms with van der Waals surface area (Å²) in [5, 5.41) is 3.39. The molecular formula is C21H30N2. The third-order valence-corrected chi connectivity index (χ3v) is 4.90. The van der Waals surface area contributed by atoms with Gasteiger partial charge in [-0.2, -0.15) is 0 Å². The minimum atomic E-state index is 0.200. The lowest BCUT2D eigenvalue weighted by Crippen LogP contribution is -2.37. The molecule has 0 aromatic heterocycles. The fraction of sp³-hybridized carbons (Fsp3) is 0.571. The van der Waals surface area contributed by atoms with Gasteiger partial charge in [0.15, 0.2) is 0 Å². The third kappa shape index (κ3) is 4.16. The van der Waals surface area contributed by atoms with Gasteiger partial charge in [0.1, 0.15) is 5.84 Å². The maximum absolute atomic E-state index is 4.95. The summed E-state index contributed by atoms with van der Waals surface area (Å²) in [5.74, 6) is 7.68. The molecule has 0 bridgehead atoms. The van der Waals surface area contributed by atoms with E-state index >= 15 is 0 Å². The summed E-state index contributed by atoms with van der Waals surface area (Å²) in [6, 6.07) is 0. The molecule has 0 atom stereocenters. The van der Waals surface area contributed by atoms with Gasteiger partial charge in [-0.05, 0) is 44.3 Å². The van der Waals surface area contributed by atoms with Crippen LogP contribution in [0.5, 0.6) is 0 Å². The average molecular weight is 310 g/mol. The first-order chi connectivity index (χ1) is 11.1. The van der Waals surface area contributed by atoms with Gasteiger partial charge in [0.25, 0.3) is 0 Å². The van der Waals surface area contributed by atoms with Crippen molar-refractivity contribution in [2.45, 2.75) is 65.7 Å². The highest BCUT2D eigenvalue weighted by molar-refractivity contribution is 5.89. The Morgan fingerprint density at radius 2 is 2.00 bits per heavy atom. The minimum absolute atomic E-state index is 0.200. The number of nitrogens with one attached hydrogen (secondary N) is 1. The van der Waals surface area contributed by atoms with Crippen LogP contribution in [0.15, 0.2) is 40.1 Å². The molecular weight excluding hydrogens is 280 g/mol. The smallest absolute Gasteiger partial charge is 0.108 e. The Hall–Kier alpha value is -1.75. The molecule has 0 saturated heterocycles. The van der Waals surface area contributed by atoms with E-state index in [1.165, 1.54) is 31.3 Å². The van der Waals surface area contributed by atoms with E-state index < -0.39 is 0 Å². The van der Waals surface area contributed by atoms with Crippen molar-refractivity contribution in [3.05, 3.63) is 35.1 Å². The number of allylic oxidation sites excluding steroid dienone is 6. The number of nitrogens with zero attached hydrogens (tertiary/aromatic N) is 1. The standard InChI is InChI=1S/C21H30N2/c1-5-7-11-19-16-17(3)23-20(22-4)21(13-8-9-14-21)15-10-12-18(19)6-2/h10,12,16H,5-6,8-9,13-15H2,1-4H3,(H,22,23)/b12-10+,17-16+,19-18-. The van der Waals surface area contributed by atoms with Gasteiger partial charge in [0.2, 0.25) is 0 Å². The quantitative estimate of drug-likeness (QED) is 0.666. The molecule has 1 heterocycles. The number of rotatable bonds is 1. The van der Waals surface area contributed by atoms with Crippen molar-refractivity contribution >= 4 is 5.84 Å². The van der Waals surface area contributed by atoms with Crippen LogP contribution in [0.2, 0.25) is 0 Å². The zero-order valence-corrected chi connectivity index (χ0v) is 15.1. The largest absolute Gasteiger partial charge is 0.376 e. The van der Waals surface area contributed by atoms with Gasteiger partial charge in [-0.1, -0.05) is 50.7 Å². The highest BCUT2D eigenvalue weighted by Crippen LogP contribution is 2.43. The average Bonchev–Trinajstić information content (AvgIpc) is 3.03. The first-order valence-electron chi connectivity index (χ1n) is 8.99. The Morgan fingerprint density at radius 3 is 2.61 bits per heavy atom. The van der Waals surface area contributed by atoms with E-state index in [0.29, 0.717) is 0 Å². The van der Waals surface area contributed by atoms with Crippen LogP contribution in [-0.2, 0) is 0 Å². The Balaban J connectivity index is 2.51. The second-order valence-electron chi connectivity index (χ2n) is 6.54. The lowest BCUT2D eigenvalue weighted by molar-refractivity contribution is 0.428. The highest BCUT2D eigenvalue weighted by atomic mass is 15.0. The monoisotopic (exact) mass is 310 g/mol. The molecule has 1 spiro atoms. The first-order valence-corrected chi connectivity index (χ1v) is 8.99. The molecule has 124 valence electrons. The summed E-state index contributed by atoms with van der Waals surface area (Å²) in [4.78, 5) is 4.95. The summed E-state index contributed by atoms with van der Waals surface area (Å²) in [7, 11) is 2.01. The summed E-state index contributed by atoms with van der Waals surface area (Å²) in [6.45, 7) is 6.38. The molecule has 1 aliphatic carbocycles. The van der Waals surface area contributed by atoms with Crippen LogP contribution in [-0.4, -0.2) is 12.9 Å². The van der Waals surface area contributed by atoms with Crippen LogP contribution in [0.1, 0.15) is 65.7 Å². The van der Waals surface area contributed by atoms with Gasteiger partial charge < -0.3 is 5.32 Å². The number of aliphatic imine (C=N–C) groups is 1. The summed E-state index contributed by atoms with van der Waals surface area (Å²) in [5.41, 5.74) is 3.68. The molecule has 0 unspecified atom stereocenters. The molecule has 2 aliphatic rings. The zero-order valence-electron chi connectivity index (χ0n) is 15.1. The minimum Gasteiger partial charge on any atom is -0.376 e. The number of hydrogen-bond acceptors (Lipinski definition) is 2. The first kappa shape index (κ1) is 17.6. The van der Waals surface area contributed by atoms with Crippen molar-refractivity contribution in [2.75, 3.05) is 7.05 Å². The molecule has 0 radical (unpaired) electrons. The SMILES string of the molecule is CCC#CC1=C(CC)/C=C/CC2(CCCC2)/C(NC)=N\C(C)=C\1. The molecule has 1 aliphatic heterocycles. The summed E-state index contributed by atoms with van der Waals surface area (Å²) >= 11 is 0. The Morgan fingerprint density at radius 1 is 1.26 bits per heavy atom. The molecule has 23 heavy (non-hydrogen) atoms. The lowest BCUT2D eigenvalue weighted by atomic mass is 9.80. The van der Waals surface area contributed by atoms with Gasteiger partial charge in [-0.3, -0.25) is 0 Å². The normalized spacial score (nSPS) is 29.7. The van der Waals surface area contributed by atoms with E-state index in [4.69, 9.17) is 4.99 Å². The molecule has 1 fully saturated rings. The van der Waals surface area contributed by atoms with Crippen molar-refractivity contribution in [1.29, 1.82) is 0 Å². The lowest BCUT2D eigenvalue weighted by Gasteiger charge is -2.30. The molecule has 2 heteroatoms. The van der Waals surface area contributed by atoms with Crippen molar-refractivity contribution < 1.29 is 0 Å². The Labute approximate surface area is 141 Å². The molecule has 1 N–H and O–H groups in total. The molecule has 0 aromatic carbocycles. The van der Waals surface area contributed by atoms with Crippen LogP contribution in [0, 0.1) is 17.3 Å². The fourth-order valence-electron chi connectivity index (χ4n) is 3.66. The second kappa shape index (κ2) is 8.20. The number of hydrogen-bond donors (Lipinski definition) is 1. The maximum atomic E-state index is 4.95. The van der Waals surface area contributed by atoms with Gasteiger partial charge in [-0.15, -0.1) is 0 Å². The van der Waals surface area contributed by atoms with Gasteiger partial charge in [0, 0.05) is 30.2 Å². The van der Waals surface area contributed by atoms with Gasteiger partial charge in [-0.25, -0.2) is 4.99 Å². The van der Waals surface area contributed by atoms with Crippen LogP contribution in [0.4, 0.5) is 0 Å². The van der Waals surface area contributed by atoms with Crippen LogP contribution >= 0.6 is 0 Å². The fourth-order valence-corrected chi connectivity index (χ4v) is 3.66. The summed E-state index contributed by atoms with van der Waals surface area (Å²) in [6.07, 6.45) is 14.8. The van der Waals surface area contributed by atoms with Crippen molar-refractivity contribution in [1.82, 2.24) is 5.32 Å². The number of amidine groups is 1. The molecule has 2 rings (SSSR count).